The van der Waals surface area contributed by atoms with E-state index in [1.807, 2.05) is 24.3 Å². The third kappa shape index (κ3) is 6.63. The summed E-state index contributed by atoms with van der Waals surface area (Å²) in [5, 5.41) is 6.19. The molecule has 2 N–H and O–H groups in total. The summed E-state index contributed by atoms with van der Waals surface area (Å²) in [5.74, 6) is 0.611. The lowest BCUT2D eigenvalue weighted by molar-refractivity contribution is 0.0954. The van der Waals surface area contributed by atoms with Crippen molar-refractivity contribution in [1.29, 1.82) is 0 Å². The van der Waals surface area contributed by atoms with Gasteiger partial charge in [-0.3, -0.25) is 4.79 Å². The number of nitrogens with zero attached hydrogens (tertiary/aromatic N) is 1. The molecule has 0 bridgehead atoms. The van der Waals surface area contributed by atoms with Crippen LogP contribution in [-0.4, -0.2) is 39.1 Å². The Kier molecular flexibility index (Phi) is 7.83. The second-order valence-electron chi connectivity index (χ2n) is 5.83. The molecule has 1 aromatic carbocycles. The summed E-state index contributed by atoms with van der Waals surface area (Å²) in [4.78, 5) is 14.2. The Morgan fingerprint density at radius 1 is 1.14 bits per heavy atom. The van der Waals surface area contributed by atoms with Crippen LogP contribution >= 0.6 is 0 Å². The molecule has 0 aromatic heterocycles. The van der Waals surface area contributed by atoms with E-state index in [0.717, 1.165) is 31.7 Å². The highest BCUT2D eigenvalue weighted by Crippen LogP contribution is 2.15. The number of carbonyl (C=O) groups excluding carboxylic acids is 1. The first-order valence-corrected chi connectivity index (χ1v) is 7.84. The van der Waals surface area contributed by atoms with E-state index in [-0.39, 0.29) is 5.91 Å². The predicted octanol–water partition coefficient (Wildman–Crippen LogP) is 2.51. The maximum Gasteiger partial charge on any atom is 0.251 e. The molecule has 0 saturated heterocycles. The largest absolute Gasteiger partial charge is 0.374 e. The molecular weight excluding hydrogens is 262 g/mol. The molecule has 1 rings (SSSR count). The van der Waals surface area contributed by atoms with Gasteiger partial charge < -0.3 is 15.5 Å². The minimum Gasteiger partial charge on any atom is -0.374 e. The lowest BCUT2D eigenvalue weighted by atomic mass is 10.1. The zero-order valence-electron chi connectivity index (χ0n) is 13.8. The van der Waals surface area contributed by atoms with Crippen LogP contribution < -0.4 is 15.5 Å². The zero-order valence-corrected chi connectivity index (χ0v) is 13.8. The van der Waals surface area contributed by atoms with Crippen LogP contribution in [0.1, 0.15) is 37.6 Å². The van der Waals surface area contributed by atoms with E-state index in [1.54, 1.807) is 0 Å². The zero-order chi connectivity index (χ0) is 15.7. The van der Waals surface area contributed by atoms with Gasteiger partial charge in [0.05, 0.1) is 0 Å². The van der Waals surface area contributed by atoms with Crippen LogP contribution in [0.15, 0.2) is 24.3 Å². The molecule has 1 aromatic rings. The van der Waals surface area contributed by atoms with E-state index in [1.165, 1.54) is 0 Å². The molecule has 0 aliphatic rings. The summed E-state index contributed by atoms with van der Waals surface area (Å²) in [6, 6.07) is 7.79. The highest BCUT2D eigenvalue weighted by molar-refractivity contribution is 5.94. The van der Waals surface area contributed by atoms with Gasteiger partial charge in [-0.05, 0) is 43.1 Å². The molecule has 4 nitrogen and oxygen atoms in total. The maximum absolute atomic E-state index is 12.0. The van der Waals surface area contributed by atoms with E-state index in [4.69, 9.17) is 0 Å². The molecule has 0 aliphatic heterocycles. The van der Waals surface area contributed by atoms with Gasteiger partial charge in [0.15, 0.2) is 0 Å². The van der Waals surface area contributed by atoms with Crippen molar-refractivity contribution in [2.24, 2.45) is 5.92 Å². The van der Waals surface area contributed by atoms with E-state index in [2.05, 4.69) is 43.4 Å². The molecular formula is C17H29N3O. The van der Waals surface area contributed by atoms with Crippen molar-refractivity contribution in [3.63, 3.8) is 0 Å². The summed E-state index contributed by atoms with van der Waals surface area (Å²) in [5.41, 5.74) is 1.86. The lowest BCUT2D eigenvalue weighted by Crippen LogP contribution is -2.32. The Morgan fingerprint density at radius 3 is 2.38 bits per heavy atom. The highest BCUT2D eigenvalue weighted by Gasteiger charge is 2.07. The second kappa shape index (κ2) is 9.40. The van der Waals surface area contributed by atoms with Crippen molar-refractivity contribution in [3.8, 4) is 0 Å². The first-order valence-electron chi connectivity index (χ1n) is 7.84. The molecule has 0 heterocycles. The summed E-state index contributed by atoms with van der Waals surface area (Å²) in [6.07, 6.45) is 1.11. The molecule has 0 atom stereocenters. The van der Waals surface area contributed by atoms with Gasteiger partial charge in [-0.2, -0.15) is 0 Å². The summed E-state index contributed by atoms with van der Waals surface area (Å²) in [7, 11) is 2.08. The summed E-state index contributed by atoms with van der Waals surface area (Å²) in [6.45, 7) is 10.0. The normalized spacial score (nSPS) is 10.7. The summed E-state index contributed by atoms with van der Waals surface area (Å²) >= 11 is 0. The maximum atomic E-state index is 12.0. The van der Waals surface area contributed by atoms with Crippen molar-refractivity contribution >= 4 is 11.6 Å². The van der Waals surface area contributed by atoms with Gasteiger partial charge in [-0.15, -0.1) is 0 Å². The molecule has 118 valence electrons. The predicted molar refractivity (Wildman–Crippen MR) is 90.0 cm³/mol. The third-order valence-electron chi connectivity index (χ3n) is 3.22. The van der Waals surface area contributed by atoms with Crippen LogP contribution in [0.3, 0.4) is 0 Å². The Morgan fingerprint density at radius 2 is 1.81 bits per heavy atom. The average molecular weight is 291 g/mol. The Bertz CT molecular complexity index is 415. The number of amides is 1. The minimum atomic E-state index is -0.00800. The number of hydrogen-bond donors (Lipinski definition) is 2. The lowest BCUT2D eigenvalue weighted by Gasteiger charge is -2.21. The fourth-order valence-corrected chi connectivity index (χ4v) is 2.19. The van der Waals surface area contributed by atoms with Gasteiger partial charge in [0.25, 0.3) is 5.91 Å². The van der Waals surface area contributed by atoms with Crippen LogP contribution in [0.2, 0.25) is 0 Å². The Balaban J connectivity index is 2.44. The Hall–Kier alpha value is -1.55. The number of carbonyl (C=O) groups is 1. The fraction of sp³-hybridized carbons (Fsp3) is 0.588. The minimum absolute atomic E-state index is 0.00800. The van der Waals surface area contributed by atoms with Crippen molar-refractivity contribution < 1.29 is 4.79 Å². The van der Waals surface area contributed by atoms with Gasteiger partial charge in [-0.25, -0.2) is 0 Å². The van der Waals surface area contributed by atoms with Gasteiger partial charge in [0.1, 0.15) is 0 Å². The molecule has 4 heteroatoms. The van der Waals surface area contributed by atoms with E-state index in [0.29, 0.717) is 18.0 Å². The molecule has 0 aliphatic carbocycles. The third-order valence-corrected chi connectivity index (χ3v) is 3.22. The number of benzene rings is 1. The van der Waals surface area contributed by atoms with Crippen molar-refractivity contribution in [2.75, 3.05) is 38.1 Å². The number of anilines is 1. The van der Waals surface area contributed by atoms with Gasteiger partial charge in [0.2, 0.25) is 0 Å². The van der Waals surface area contributed by atoms with Crippen LogP contribution in [-0.2, 0) is 0 Å². The number of nitrogens with one attached hydrogen (secondary N) is 2. The van der Waals surface area contributed by atoms with Crippen molar-refractivity contribution in [3.05, 3.63) is 29.8 Å². The van der Waals surface area contributed by atoms with Crippen LogP contribution in [0, 0.1) is 5.92 Å². The van der Waals surface area contributed by atoms with Gasteiger partial charge in [-0.1, -0.05) is 20.8 Å². The fourth-order valence-electron chi connectivity index (χ4n) is 2.19. The quantitative estimate of drug-likeness (QED) is 0.687. The smallest absolute Gasteiger partial charge is 0.251 e. The van der Waals surface area contributed by atoms with Gasteiger partial charge >= 0.3 is 0 Å². The average Bonchev–Trinajstić information content (AvgIpc) is 2.46. The molecule has 0 spiro atoms. The van der Waals surface area contributed by atoms with Crippen LogP contribution in [0.5, 0.6) is 0 Å². The SMILES string of the molecule is CCCNCCNC(=O)c1ccc(N(C)CC(C)C)cc1. The molecule has 0 radical (unpaired) electrons. The van der Waals surface area contributed by atoms with Crippen LogP contribution in [0.4, 0.5) is 5.69 Å². The Labute approximate surface area is 128 Å². The monoisotopic (exact) mass is 291 g/mol. The molecule has 1 amide bonds. The standard InChI is InChI=1S/C17H29N3O/c1-5-10-18-11-12-19-17(21)15-6-8-16(9-7-15)20(4)13-14(2)3/h6-9,14,18H,5,10-13H2,1-4H3,(H,19,21). The van der Waals surface area contributed by atoms with E-state index in [9.17, 15) is 4.79 Å². The second-order valence-corrected chi connectivity index (χ2v) is 5.83. The molecule has 0 fully saturated rings. The van der Waals surface area contributed by atoms with E-state index < -0.39 is 0 Å². The van der Waals surface area contributed by atoms with E-state index >= 15 is 0 Å². The topological polar surface area (TPSA) is 44.4 Å². The molecule has 0 unspecified atom stereocenters. The van der Waals surface area contributed by atoms with Crippen molar-refractivity contribution in [2.45, 2.75) is 27.2 Å². The van der Waals surface area contributed by atoms with Crippen molar-refractivity contribution in [1.82, 2.24) is 10.6 Å². The number of hydrogen-bond acceptors (Lipinski definition) is 3. The van der Waals surface area contributed by atoms with Gasteiger partial charge in [0, 0.05) is 37.9 Å². The molecule has 21 heavy (non-hydrogen) atoms. The molecule has 0 saturated carbocycles. The highest BCUT2D eigenvalue weighted by atomic mass is 16.1. The van der Waals surface area contributed by atoms with Crippen LogP contribution in [0.25, 0.3) is 0 Å². The first-order chi connectivity index (χ1) is 10.0. The summed E-state index contributed by atoms with van der Waals surface area (Å²) < 4.78 is 0. The number of rotatable bonds is 9. The first kappa shape index (κ1) is 17.5.